The van der Waals surface area contributed by atoms with Crippen LogP contribution in [0.25, 0.3) is 10.8 Å². The van der Waals surface area contributed by atoms with E-state index in [4.69, 9.17) is 4.74 Å². The molecule has 0 heterocycles. The Bertz CT molecular complexity index is 854. The van der Waals surface area contributed by atoms with E-state index in [2.05, 4.69) is 18.7 Å². The monoisotopic (exact) mass is 324 g/mol. The summed E-state index contributed by atoms with van der Waals surface area (Å²) in [5.41, 5.74) is 2.32. The molecule has 0 saturated carbocycles. The van der Waals surface area contributed by atoms with Gasteiger partial charge in [0, 0.05) is 5.39 Å². The van der Waals surface area contributed by atoms with Crippen molar-refractivity contribution in [2.45, 2.75) is 19.4 Å². The van der Waals surface area contributed by atoms with Gasteiger partial charge in [-0.25, -0.2) is 8.78 Å². The van der Waals surface area contributed by atoms with Crippen LogP contribution >= 0.6 is 0 Å². The molecule has 0 amide bonds. The summed E-state index contributed by atoms with van der Waals surface area (Å²) in [5.74, 6) is -1.04. The highest BCUT2D eigenvalue weighted by molar-refractivity contribution is 5.84. The van der Waals surface area contributed by atoms with Gasteiger partial charge in [0.25, 0.3) is 0 Å². The first kappa shape index (κ1) is 16.2. The number of hydrogen-bond donors (Lipinski definition) is 0. The predicted octanol–water partition coefficient (Wildman–Crippen LogP) is 5.82. The van der Waals surface area contributed by atoms with Gasteiger partial charge in [0.05, 0.1) is 0 Å². The summed E-state index contributed by atoms with van der Waals surface area (Å²) < 4.78 is 32.7. The second-order valence-corrected chi connectivity index (χ2v) is 5.68. The summed E-state index contributed by atoms with van der Waals surface area (Å²) in [7, 11) is 0. The molecular formula is C21H18F2O. The second-order valence-electron chi connectivity index (χ2n) is 5.68. The lowest BCUT2D eigenvalue weighted by molar-refractivity contribution is 0.306. The third kappa shape index (κ3) is 3.62. The Hall–Kier alpha value is -2.68. The van der Waals surface area contributed by atoms with E-state index in [-0.39, 0.29) is 5.39 Å². The maximum Gasteiger partial charge on any atom is 0.166 e. The van der Waals surface area contributed by atoms with E-state index in [0.717, 1.165) is 24.5 Å². The van der Waals surface area contributed by atoms with Crippen LogP contribution in [0.1, 0.15) is 17.5 Å². The second kappa shape index (κ2) is 7.26. The van der Waals surface area contributed by atoms with Crippen molar-refractivity contribution in [3.05, 3.63) is 90.0 Å². The van der Waals surface area contributed by atoms with Crippen LogP contribution in [0, 0.1) is 11.6 Å². The summed E-state index contributed by atoms with van der Waals surface area (Å²) in [5, 5.41) is 0.875. The summed E-state index contributed by atoms with van der Waals surface area (Å²) >= 11 is 0. The molecule has 0 bridgehead atoms. The highest BCUT2D eigenvalue weighted by Crippen LogP contribution is 2.25. The molecule has 0 N–H and O–H groups in total. The van der Waals surface area contributed by atoms with E-state index in [1.54, 1.807) is 24.3 Å². The van der Waals surface area contributed by atoms with Gasteiger partial charge < -0.3 is 4.74 Å². The quantitative estimate of drug-likeness (QED) is 0.519. The van der Waals surface area contributed by atoms with E-state index in [9.17, 15) is 8.78 Å². The highest BCUT2D eigenvalue weighted by atomic mass is 19.2. The Morgan fingerprint density at radius 1 is 0.917 bits per heavy atom. The lowest BCUT2D eigenvalue weighted by atomic mass is 10.1. The minimum atomic E-state index is -0.840. The van der Waals surface area contributed by atoms with Gasteiger partial charge in [-0.2, -0.15) is 0 Å². The van der Waals surface area contributed by atoms with E-state index >= 15 is 0 Å². The van der Waals surface area contributed by atoms with Gasteiger partial charge in [-0.1, -0.05) is 36.4 Å². The van der Waals surface area contributed by atoms with Crippen molar-refractivity contribution in [1.29, 1.82) is 0 Å². The fourth-order valence-electron chi connectivity index (χ4n) is 2.57. The van der Waals surface area contributed by atoms with Gasteiger partial charge in [-0.05, 0) is 53.6 Å². The van der Waals surface area contributed by atoms with Crippen molar-refractivity contribution in [1.82, 2.24) is 0 Å². The Kier molecular flexibility index (Phi) is 4.90. The number of halogens is 2. The van der Waals surface area contributed by atoms with E-state index in [1.165, 1.54) is 5.56 Å². The first-order chi connectivity index (χ1) is 11.7. The summed E-state index contributed by atoms with van der Waals surface area (Å²) in [4.78, 5) is 0. The van der Waals surface area contributed by atoms with Crippen LogP contribution in [0.15, 0.2) is 67.3 Å². The molecule has 0 unspecified atom stereocenters. The first-order valence-corrected chi connectivity index (χ1v) is 7.86. The average molecular weight is 324 g/mol. The van der Waals surface area contributed by atoms with E-state index in [1.807, 2.05) is 18.2 Å². The lowest BCUT2D eigenvalue weighted by Crippen LogP contribution is -1.96. The standard InChI is InChI=1S/C21H18F2O/c1-2-3-4-15-5-7-16(8-6-15)14-24-18-10-11-19-17(13-18)9-12-20(22)21(19)23/h2,5-13H,1,3-4,14H2. The minimum absolute atomic E-state index is 0.258. The molecule has 1 nitrogen and oxygen atoms in total. The molecular weight excluding hydrogens is 306 g/mol. The molecule has 0 aromatic heterocycles. The molecule has 3 aromatic carbocycles. The van der Waals surface area contributed by atoms with Gasteiger partial charge in [-0.15, -0.1) is 6.58 Å². The Balaban J connectivity index is 1.69. The molecule has 3 rings (SSSR count). The molecule has 0 aliphatic heterocycles. The molecule has 0 aliphatic rings. The van der Waals surface area contributed by atoms with E-state index < -0.39 is 11.6 Å². The van der Waals surface area contributed by atoms with Gasteiger partial charge in [0.1, 0.15) is 12.4 Å². The number of benzene rings is 3. The van der Waals surface area contributed by atoms with Crippen molar-refractivity contribution in [3.63, 3.8) is 0 Å². The molecule has 0 radical (unpaired) electrons. The van der Waals surface area contributed by atoms with Crippen LogP contribution in [0.5, 0.6) is 5.75 Å². The maximum absolute atomic E-state index is 13.7. The van der Waals surface area contributed by atoms with Crippen molar-refractivity contribution in [3.8, 4) is 5.75 Å². The Morgan fingerprint density at radius 3 is 2.42 bits per heavy atom. The number of ether oxygens (including phenoxy) is 1. The number of aryl methyl sites for hydroxylation is 1. The molecule has 3 heteroatoms. The van der Waals surface area contributed by atoms with Crippen molar-refractivity contribution >= 4 is 10.8 Å². The summed E-state index contributed by atoms with van der Waals surface area (Å²) in [6.45, 7) is 4.15. The van der Waals surface area contributed by atoms with Crippen LogP contribution in [0.2, 0.25) is 0 Å². The third-order valence-electron chi connectivity index (χ3n) is 3.94. The molecule has 122 valence electrons. The summed E-state index contributed by atoms with van der Waals surface area (Å²) in [6.07, 6.45) is 3.85. The van der Waals surface area contributed by atoms with Crippen LogP contribution in [-0.4, -0.2) is 0 Å². The molecule has 0 saturated heterocycles. The van der Waals surface area contributed by atoms with Crippen molar-refractivity contribution in [2.75, 3.05) is 0 Å². The molecule has 24 heavy (non-hydrogen) atoms. The number of rotatable bonds is 6. The number of allylic oxidation sites excluding steroid dienone is 1. The zero-order valence-electron chi connectivity index (χ0n) is 13.3. The molecule has 0 fully saturated rings. The highest BCUT2D eigenvalue weighted by Gasteiger charge is 2.07. The molecule has 0 aliphatic carbocycles. The van der Waals surface area contributed by atoms with Gasteiger partial charge in [0.15, 0.2) is 11.6 Å². The Morgan fingerprint density at radius 2 is 1.67 bits per heavy atom. The number of hydrogen-bond acceptors (Lipinski definition) is 1. The van der Waals surface area contributed by atoms with Crippen molar-refractivity contribution in [2.24, 2.45) is 0 Å². The van der Waals surface area contributed by atoms with E-state index in [0.29, 0.717) is 17.7 Å². The van der Waals surface area contributed by atoms with Crippen LogP contribution < -0.4 is 4.74 Å². The van der Waals surface area contributed by atoms with Crippen LogP contribution in [0.3, 0.4) is 0 Å². The molecule has 0 spiro atoms. The topological polar surface area (TPSA) is 9.23 Å². The zero-order chi connectivity index (χ0) is 16.9. The largest absolute Gasteiger partial charge is 0.489 e. The molecule has 3 aromatic rings. The lowest BCUT2D eigenvalue weighted by Gasteiger charge is -2.09. The predicted molar refractivity (Wildman–Crippen MR) is 93.2 cm³/mol. The number of fused-ring (bicyclic) bond motifs is 1. The van der Waals surface area contributed by atoms with Gasteiger partial charge in [0.2, 0.25) is 0 Å². The maximum atomic E-state index is 13.7. The average Bonchev–Trinajstić information content (AvgIpc) is 2.62. The summed E-state index contributed by atoms with van der Waals surface area (Å²) in [6, 6.07) is 15.8. The van der Waals surface area contributed by atoms with Crippen molar-refractivity contribution < 1.29 is 13.5 Å². The molecule has 0 atom stereocenters. The van der Waals surface area contributed by atoms with Crippen LogP contribution in [0.4, 0.5) is 8.78 Å². The van der Waals surface area contributed by atoms with Crippen LogP contribution in [-0.2, 0) is 13.0 Å². The zero-order valence-corrected chi connectivity index (χ0v) is 13.3. The normalized spacial score (nSPS) is 10.8. The fourth-order valence-corrected chi connectivity index (χ4v) is 2.57. The minimum Gasteiger partial charge on any atom is -0.489 e. The fraction of sp³-hybridized carbons (Fsp3) is 0.143. The SMILES string of the molecule is C=CCCc1ccc(COc2ccc3c(F)c(F)ccc3c2)cc1. The van der Waals surface area contributed by atoms with Gasteiger partial charge >= 0.3 is 0 Å². The van der Waals surface area contributed by atoms with Gasteiger partial charge in [-0.3, -0.25) is 0 Å². The third-order valence-corrected chi connectivity index (χ3v) is 3.94. The smallest absolute Gasteiger partial charge is 0.166 e. The first-order valence-electron chi connectivity index (χ1n) is 7.86. The Labute approximate surface area is 140 Å².